The maximum absolute atomic E-state index is 11.9. The maximum Gasteiger partial charge on any atom is 0.416 e. The van der Waals surface area contributed by atoms with Gasteiger partial charge < -0.3 is 14.8 Å². The van der Waals surface area contributed by atoms with E-state index in [0.29, 0.717) is 6.54 Å². The predicted octanol–water partition coefficient (Wildman–Crippen LogP) is 1.86. The summed E-state index contributed by atoms with van der Waals surface area (Å²) >= 11 is 0. The van der Waals surface area contributed by atoms with E-state index in [1.165, 1.54) is 0 Å². The molecule has 1 fully saturated rings. The molecule has 6 nitrogen and oxygen atoms in total. The molecule has 0 bridgehead atoms. The summed E-state index contributed by atoms with van der Waals surface area (Å²) in [4.78, 5) is 24.3. The van der Waals surface area contributed by atoms with Crippen molar-refractivity contribution in [1.82, 2.24) is 4.90 Å². The summed E-state index contributed by atoms with van der Waals surface area (Å²) < 4.78 is 9.82. The van der Waals surface area contributed by atoms with Crippen molar-refractivity contribution >= 4 is 17.7 Å². The fourth-order valence-corrected chi connectivity index (χ4v) is 2.01. The molecule has 1 heterocycles. The monoisotopic (exact) mass is 278 g/mol. The normalized spacial score (nSPS) is 15.7. The minimum Gasteiger partial charge on any atom is -0.497 e. The number of cyclic esters (lactones) is 1. The number of nitrogens with one attached hydrogen (secondary N) is 1. The highest BCUT2D eigenvalue weighted by molar-refractivity contribution is 5.93. The van der Waals surface area contributed by atoms with Gasteiger partial charge in [-0.3, -0.25) is 4.79 Å². The molecule has 2 amide bonds. The topological polar surface area (TPSA) is 67.9 Å². The Morgan fingerprint density at radius 1 is 1.45 bits per heavy atom. The van der Waals surface area contributed by atoms with Gasteiger partial charge in [-0.2, -0.15) is 0 Å². The van der Waals surface area contributed by atoms with Crippen molar-refractivity contribution in [3.05, 3.63) is 24.3 Å². The number of anilines is 1. The Bertz CT molecular complexity index is 486. The number of nitrogens with zero attached hydrogens (tertiary/aromatic N) is 1. The molecule has 0 spiro atoms. The largest absolute Gasteiger partial charge is 0.497 e. The van der Waals surface area contributed by atoms with Gasteiger partial charge in [0, 0.05) is 18.2 Å². The molecule has 1 saturated heterocycles. The standard InChI is InChI=1S/C14H18N2O4/c1-10(9-13(17)16-7-8-20-14(16)18)15-11-3-5-12(19-2)6-4-11/h3-6,10,15H,7-9H2,1-2H3/t10-/m1/s1. The molecule has 1 aromatic rings. The molecular formula is C14H18N2O4. The van der Waals surface area contributed by atoms with Crippen LogP contribution in [0.5, 0.6) is 5.75 Å². The Morgan fingerprint density at radius 2 is 2.15 bits per heavy atom. The van der Waals surface area contributed by atoms with Crippen molar-refractivity contribution in [1.29, 1.82) is 0 Å². The number of benzene rings is 1. The highest BCUT2D eigenvalue weighted by Gasteiger charge is 2.28. The number of rotatable bonds is 5. The van der Waals surface area contributed by atoms with Gasteiger partial charge in [-0.1, -0.05) is 0 Å². The lowest BCUT2D eigenvalue weighted by Crippen LogP contribution is -2.35. The van der Waals surface area contributed by atoms with E-state index in [-0.39, 0.29) is 25.0 Å². The van der Waals surface area contributed by atoms with Crippen LogP contribution in [0.2, 0.25) is 0 Å². The van der Waals surface area contributed by atoms with E-state index in [0.717, 1.165) is 16.3 Å². The Morgan fingerprint density at radius 3 is 2.70 bits per heavy atom. The first-order chi connectivity index (χ1) is 9.60. The van der Waals surface area contributed by atoms with Crippen LogP contribution in [0.1, 0.15) is 13.3 Å². The third kappa shape index (κ3) is 3.40. The summed E-state index contributed by atoms with van der Waals surface area (Å²) in [6.07, 6.45) is -0.312. The van der Waals surface area contributed by atoms with E-state index in [2.05, 4.69) is 5.32 Å². The zero-order valence-electron chi connectivity index (χ0n) is 11.6. The lowest BCUT2D eigenvalue weighted by Gasteiger charge is -2.17. The fourth-order valence-electron chi connectivity index (χ4n) is 2.01. The second-order valence-corrected chi connectivity index (χ2v) is 4.64. The van der Waals surface area contributed by atoms with Crippen LogP contribution in [0.15, 0.2) is 24.3 Å². The minimum atomic E-state index is -0.549. The maximum atomic E-state index is 11.9. The van der Waals surface area contributed by atoms with Gasteiger partial charge in [0.2, 0.25) is 5.91 Å². The SMILES string of the molecule is COc1ccc(N[C@H](C)CC(=O)N2CCOC2=O)cc1. The molecule has 0 radical (unpaired) electrons. The molecule has 0 saturated carbocycles. The number of amides is 2. The quantitative estimate of drug-likeness (QED) is 0.890. The lowest BCUT2D eigenvalue weighted by atomic mass is 10.2. The fraction of sp³-hybridized carbons (Fsp3) is 0.429. The third-order valence-corrected chi connectivity index (χ3v) is 3.05. The highest BCUT2D eigenvalue weighted by Crippen LogP contribution is 2.17. The van der Waals surface area contributed by atoms with Gasteiger partial charge in [0.15, 0.2) is 0 Å². The molecule has 108 valence electrons. The number of imide groups is 1. The molecule has 1 aliphatic heterocycles. The van der Waals surface area contributed by atoms with Gasteiger partial charge in [-0.15, -0.1) is 0 Å². The molecule has 20 heavy (non-hydrogen) atoms. The molecule has 1 atom stereocenters. The summed E-state index contributed by atoms with van der Waals surface area (Å²) in [5.74, 6) is 0.556. The van der Waals surface area contributed by atoms with Gasteiger partial charge in [0.25, 0.3) is 0 Å². The molecule has 6 heteroatoms. The average molecular weight is 278 g/mol. The highest BCUT2D eigenvalue weighted by atomic mass is 16.6. The summed E-state index contributed by atoms with van der Waals surface area (Å²) in [5.41, 5.74) is 0.898. The zero-order chi connectivity index (χ0) is 14.5. The van der Waals surface area contributed by atoms with Crippen LogP contribution in [0.3, 0.4) is 0 Å². The first-order valence-electron chi connectivity index (χ1n) is 6.48. The molecule has 1 N–H and O–H groups in total. The number of methoxy groups -OCH3 is 1. The van der Waals surface area contributed by atoms with E-state index in [1.807, 2.05) is 31.2 Å². The van der Waals surface area contributed by atoms with Crippen LogP contribution in [0.25, 0.3) is 0 Å². The van der Waals surface area contributed by atoms with Crippen LogP contribution < -0.4 is 10.1 Å². The summed E-state index contributed by atoms with van der Waals surface area (Å²) in [6, 6.07) is 7.36. The smallest absolute Gasteiger partial charge is 0.416 e. The first kappa shape index (κ1) is 14.2. The molecule has 1 aliphatic rings. The average Bonchev–Trinajstić information content (AvgIpc) is 2.86. The van der Waals surface area contributed by atoms with Gasteiger partial charge in [-0.25, -0.2) is 9.69 Å². The van der Waals surface area contributed by atoms with Crippen LogP contribution in [-0.4, -0.2) is 43.2 Å². The second kappa shape index (κ2) is 6.27. The van der Waals surface area contributed by atoms with Crippen molar-refractivity contribution in [2.24, 2.45) is 0 Å². The van der Waals surface area contributed by atoms with E-state index in [4.69, 9.17) is 9.47 Å². The van der Waals surface area contributed by atoms with Crippen LogP contribution >= 0.6 is 0 Å². The summed E-state index contributed by atoms with van der Waals surface area (Å²) in [7, 11) is 1.61. The van der Waals surface area contributed by atoms with E-state index >= 15 is 0 Å². The Hall–Kier alpha value is -2.24. The van der Waals surface area contributed by atoms with Gasteiger partial charge in [0.05, 0.1) is 13.7 Å². The second-order valence-electron chi connectivity index (χ2n) is 4.64. The van der Waals surface area contributed by atoms with Crippen molar-refractivity contribution in [2.45, 2.75) is 19.4 Å². The summed E-state index contributed by atoms with van der Waals surface area (Å²) in [6.45, 7) is 2.52. The number of hydrogen-bond acceptors (Lipinski definition) is 5. The van der Waals surface area contributed by atoms with Crippen molar-refractivity contribution in [3.63, 3.8) is 0 Å². The predicted molar refractivity (Wildman–Crippen MR) is 73.8 cm³/mol. The molecule has 1 aromatic carbocycles. The molecular weight excluding hydrogens is 260 g/mol. The number of carbonyl (C=O) groups excluding carboxylic acids is 2. The van der Waals surface area contributed by atoms with E-state index in [9.17, 15) is 9.59 Å². The van der Waals surface area contributed by atoms with E-state index < -0.39 is 6.09 Å². The lowest BCUT2D eigenvalue weighted by molar-refractivity contribution is -0.127. The van der Waals surface area contributed by atoms with Gasteiger partial charge in [0.1, 0.15) is 12.4 Å². The number of ether oxygens (including phenoxy) is 2. The van der Waals surface area contributed by atoms with Crippen LogP contribution in [-0.2, 0) is 9.53 Å². The number of carbonyl (C=O) groups is 2. The molecule has 2 rings (SSSR count). The van der Waals surface area contributed by atoms with Crippen LogP contribution in [0.4, 0.5) is 10.5 Å². The molecule has 0 aromatic heterocycles. The van der Waals surface area contributed by atoms with Crippen LogP contribution in [0, 0.1) is 0 Å². The van der Waals surface area contributed by atoms with Crippen molar-refractivity contribution in [2.75, 3.05) is 25.6 Å². The van der Waals surface area contributed by atoms with Gasteiger partial charge in [-0.05, 0) is 31.2 Å². The minimum absolute atomic E-state index is 0.0794. The zero-order valence-corrected chi connectivity index (χ0v) is 11.6. The third-order valence-electron chi connectivity index (χ3n) is 3.05. The Labute approximate surface area is 117 Å². The Kier molecular flexibility index (Phi) is 4.45. The first-order valence-corrected chi connectivity index (χ1v) is 6.48. The molecule has 0 unspecified atom stereocenters. The number of hydrogen-bond donors (Lipinski definition) is 1. The van der Waals surface area contributed by atoms with Crippen molar-refractivity contribution in [3.8, 4) is 5.75 Å². The summed E-state index contributed by atoms with van der Waals surface area (Å²) in [5, 5.41) is 3.21. The van der Waals surface area contributed by atoms with Gasteiger partial charge >= 0.3 is 6.09 Å². The Balaban J connectivity index is 1.86. The van der Waals surface area contributed by atoms with E-state index in [1.54, 1.807) is 7.11 Å². The molecule has 0 aliphatic carbocycles. The van der Waals surface area contributed by atoms with Crippen molar-refractivity contribution < 1.29 is 19.1 Å².